The van der Waals surface area contributed by atoms with Crippen molar-refractivity contribution in [2.75, 3.05) is 5.32 Å². The van der Waals surface area contributed by atoms with Crippen molar-refractivity contribution in [3.63, 3.8) is 0 Å². The van der Waals surface area contributed by atoms with Crippen LogP contribution in [-0.2, 0) is 11.2 Å². The molecule has 0 saturated carbocycles. The third-order valence-corrected chi connectivity index (χ3v) is 3.76. The second-order valence-corrected chi connectivity index (χ2v) is 5.41. The number of carbonyl (C=O) groups excluding carboxylic acids is 1. The van der Waals surface area contributed by atoms with Gasteiger partial charge in [-0.2, -0.15) is 0 Å². The Kier molecular flexibility index (Phi) is 3.79. The molecule has 0 unspecified atom stereocenters. The molecule has 1 N–H and O–H groups in total. The van der Waals surface area contributed by atoms with Crippen molar-refractivity contribution in [2.45, 2.75) is 13.3 Å². The molecule has 0 radical (unpaired) electrons. The maximum Gasteiger partial charge on any atom is 0.236 e. The van der Waals surface area contributed by atoms with Gasteiger partial charge in [0.25, 0.3) is 0 Å². The lowest BCUT2D eigenvalue weighted by Crippen LogP contribution is -2.15. The number of rotatable bonds is 4. The Morgan fingerprint density at radius 3 is 3.00 bits per heavy atom. The van der Waals surface area contributed by atoms with E-state index in [-0.39, 0.29) is 12.3 Å². The van der Waals surface area contributed by atoms with Crippen LogP contribution in [0.1, 0.15) is 11.5 Å². The molecule has 0 saturated heterocycles. The summed E-state index contributed by atoms with van der Waals surface area (Å²) in [5.74, 6) is 1.09. The lowest BCUT2D eigenvalue weighted by Gasteiger charge is -2.02. The van der Waals surface area contributed by atoms with E-state index >= 15 is 0 Å². The molecule has 3 aromatic rings. The molecule has 3 rings (SSSR count). The number of aromatic nitrogens is 2. The van der Waals surface area contributed by atoms with Crippen LogP contribution in [-0.4, -0.2) is 15.9 Å². The molecule has 0 fully saturated rings. The Morgan fingerprint density at radius 2 is 2.29 bits per heavy atom. The summed E-state index contributed by atoms with van der Waals surface area (Å²) in [6, 6.07) is 7.44. The largest absolute Gasteiger partial charge is 0.440 e. The van der Waals surface area contributed by atoms with E-state index in [2.05, 4.69) is 15.3 Å². The fourth-order valence-corrected chi connectivity index (χ4v) is 2.54. The number of hydrogen-bond donors (Lipinski definition) is 1. The SMILES string of the molecule is Cc1oc(-c2cccs2)nc1CC(=O)Nc1cccnc1. The maximum absolute atomic E-state index is 12.0. The number of thiophene rings is 1. The number of oxazole rings is 1. The van der Waals surface area contributed by atoms with Gasteiger partial charge in [0.2, 0.25) is 11.8 Å². The Hall–Kier alpha value is -2.47. The Labute approximate surface area is 125 Å². The normalized spacial score (nSPS) is 10.5. The first kappa shape index (κ1) is 13.5. The molecule has 0 aliphatic rings. The van der Waals surface area contributed by atoms with Crippen LogP contribution in [0.3, 0.4) is 0 Å². The van der Waals surface area contributed by atoms with Gasteiger partial charge in [-0.25, -0.2) is 4.98 Å². The third kappa shape index (κ3) is 3.17. The van der Waals surface area contributed by atoms with Crippen molar-refractivity contribution >= 4 is 22.9 Å². The number of nitrogens with zero attached hydrogens (tertiary/aromatic N) is 2. The average Bonchev–Trinajstić information content (AvgIpc) is 3.10. The topological polar surface area (TPSA) is 68.0 Å². The van der Waals surface area contributed by atoms with Crippen LogP contribution >= 0.6 is 11.3 Å². The molecule has 3 aromatic heterocycles. The number of pyridine rings is 1. The number of hydrogen-bond acceptors (Lipinski definition) is 5. The van der Waals surface area contributed by atoms with Gasteiger partial charge in [0, 0.05) is 6.20 Å². The maximum atomic E-state index is 12.0. The summed E-state index contributed by atoms with van der Waals surface area (Å²) < 4.78 is 5.62. The fourth-order valence-electron chi connectivity index (χ4n) is 1.89. The zero-order valence-corrected chi connectivity index (χ0v) is 12.2. The molecule has 0 aliphatic carbocycles. The van der Waals surface area contributed by atoms with E-state index in [9.17, 15) is 4.79 Å². The summed E-state index contributed by atoms with van der Waals surface area (Å²) in [7, 11) is 0. The van der Waals surface area contributed by atoms with Gasteiger partial charge in [0.1, 0.15) is 5.76 Å². The first-order chi connectivity index (χ1) is 10.2. The standard InChI is InChI=1S/C15H13N3O2S/c1-10-12(18-15(20-10)13-5-3-7-21-13)8-14(19)17-11-4-2-6-16-9-11/h2-7,9H,8H2,1H3,(H,17,19). The van der Waals surface area contributed by atoms with E-state index in [1.54, 1.807) is 35.9 Å². The molecule has 3 heterocycles. The summed E-state index contributed by atoms with van der Waals surface area (Å²) in [6.07, 6.45) is 3.44. The van der Waals surface area contributed by atoms with Crippen molar-refractivity contribution in [2.24, 2.45) is 0 Å². The fraction of sp³-hybridized carbons (Fsp3) is 0.133. The molecule has 106 valence electrons. The molecule has 0 spiro atoms. The predicted molar refractivity (Wildman–Crippen MR) is 81.1 cm³/mol. The van der Waals surface area contributed by atoms with E-state index in [1.807, 2.05) is 24.4 Å². The molecular formula is C15H13N3O2S. The molecule has 6 heteroatoms. The van der Waals surface area contributed by atoms with E-state index in [0.717, 1.165) is 4.88 Å². The van der Waals surface area contributed by atoms with Crippen molar-refractivity contribution in [3.05, 3.63) is 53.5 Å². The van der Waals surface area contributed by atoms with Crippen LogP contribution in [0.2, 0.25) is 0 Å². The lowest BCUT2D eigenvalue weighted by atomic mass is 10.2. The minimum atomic E-state index is -0.142. The molecule has 0 atom stereocenters. The van der Waals surface area contributed by atoms with Crippen molar-refractivity contribution in [3.8, 4) is 10.8 Å². The third-order valence-electron chi connectivity index (χ3n) is 2.90. The molecule has 5 nitrogen and oxygen atoms in total. The number of aryl methyl sites for hydroxylation is 1. The zero-order valence-electron chi connectivity index (χ0n) is 11.4. The highest BCUT2D eigenvalue weighted by molar-refractivity contribution is 7.13. The van der Waals surface area contributed by atoms with E-state index in [1.165, 1.54) is 0 Å². The van der Waals surface area contributed by atoms with Crippen LogP contribution in [0.4, 0.5) is 5.69 Å². The highest BCUT2D eigenvalue weighted by Gasteiger charge is 2.15. The van der Waals surface area contributed by atoms with Gasteiger partial charge in [0.15, 0.2) is 0 Å². The summed E-state index contributed by atoms with van der Waals surface area (Å²) in [6.45, 7) is 1.82. The number of carbonyl (C=O) groups is 1. The van der Waals surface area contributed by atoms with Crippen LogP contribution in [0.5, 0.6) is 0 Å². The minimum absolute atomic E-state index is 0.142. The van der Waals surface area contributed by atoms with Crippen LogP contribution < -0.4 is 5.32 Å². The van der Waals surface area contributed by atoms with E-state index < -0.39 is 0 Å². The number of anilines is 1. The second kappa shape index (κ2) is 5.88. The first-order valence-corrected chi connectivity index (χ1v) is 7.30. The first-order valence-electron chi connectivity index (χ1n) is 6.42. The van der Waals surface area contributed by atoms with E-state index in [4.69, 9.17) is 4.42 Å². The van der Waals surface area contributed by atoms with Gasteiger partial charge in [-0.15, -0.1) is 11.3 Å². The lowest BCUT2D eigenvalue weighted by molar-refractivity contribution is -0.115. The Bertz CT molecular complexity index is 736. The highest BCUT2D eigenvalue weighted by Crippen LogP contribution is 2.26. The molecular weight excluding hydrogens is 286 g/mol. The molecule has 1 amide bonds. The minimum Gasteiger partial charge on any atom is -0.440 e. The summed E-state index contributed by atoms with van der Waals surface area (Å²) in [5.41, 5.74) is 1.32. The Morgan fingerprint density at radius 1 is 1.38 bits per heavy atom. The van der Waals surface area contributed by atoms with Gasteiger partial charge in [0.05, 0.1) is 28.9 Å². The smallest absolute Gasteiger partial charge is 0.236 e. The summed E-state index contributed by atoms with van der Waals surface area (Å²) in [4.78, 5) is 21.3. The van der Waals surface area contributed by atoms with Crippen LogP contribution in [0.15, 0.2) is 46.5 Å². The van der Waals surface area contributed by atoms with Crippen LogP contribution in [0, 0.1) is 6.92 Å². The molecule has 0 bridgehead atoms. The van der Waals surface area contributed by atoms with Crippen molar-refractivity contribution in [1.29, 1.82) is 0 Å². The number of nitrogens with one attached hydrogen (secondary N) is 1. The van der Waals surface area contributed by atoms with Gasteiger partial charge in [-0.3, -0.25) is 9.78 Å². The molecule has 0 aliphatic heterocycles. The zero-order chi connectivity index (χ0) is 14.7. The average molecular weight is 299 g/mol. The van der Waals surface area contributed by atoms with Crippen LogP contribution in [0.25, 0.3) is 10.8 Å². The van der Waals surface area contributed by atoms with Gasteiger partial charge in [-0.05, 0) is 30.5 Å². The summed E-state index contributed by atoms with van der Waals surface area (Å²) >= 11 is 1.55. The Balaban J connectivity index is 1.72. The highest BCUT2D eigenvalue weighted by atomic mass is 32.1. The van der Waals surface area contributed by atoms with Gasteiger partial charge < -0.3 is 9.73 Å². The van der Waals surface area contributed by atoms with Gasteiger partial charge in [-0.1, -0.05) is 6.07 Å². The second-order valence-electron chi connectivity index (χ2n) is 4.47. The predicted octanol–water partition coefficient (Wildman–Crippen LogP) is 3.29. The molecule has 21 heavy (non-hydrogen) atoms. The quantitative estimate of drug-likeness (QED) is 0.802. The summed E-state index contributed by atoms with van der Waals surface area (Å²) in [5, 5.41) is 4.74. The number of amides is 1. The van der Waals surface area contributed by atoms with Crippen molar-refractivity contribution in [1.82, 2.24) is 9.97 Å². The van der Waals surface area contributed by atoms with E-state index in [0.29, 0.717) is 23.0 Å². The van der Waals surface area contributed by atoms with Gasteiger partial charge >= 0.3 is 0 Å². The molecule has 0 aromatic carbocycles. The van der Waals surface area contributed by atoms with Crippen molar-refractivity contribution < 1.29 is 9.21 Å². The monoisotopic (exact) mass is 299 g/mol.